The Morgan fingerprint density at radius 2 is 1.72 bits per heavy atom. The summed E-state index contributed by atoms with van der Waals surface area (Å²) < 4.78 is 37.0. The van der Waals surface area contributed by atoms with E-state index in [4.69, 9.17) is 5.73 Å². The zero-order chi connectivity index (χ0) is 14.1. The smallest absolute Gasteiger partial charge is 0.366 e. The van der Waals surface area contributed by atoms with E-state index in [0.29, 0.717) is 5.56 Å². The monoisotopic (exact) mass is 277 g/mol. The second kappa shape index (κ2) is 4.84. The molecular formula is C12H14F3NOS. The van der Waals surface area contributed by atoms with E-state index in [1.165, 1.54) is 12.1 Å². The van der Waals surface area contributed by atoms with Crippen molar-refractivity contribution < 1.29 is 18.0 Å². The molecule has 0 atom stereocenters. The number of halogens is 3. The first-order valence-electron chi connectivity index (χ1n) is 5.20. The van der Waals surface area contributed by atoms with Crippen LogP contribution in [0.1, 0.15) is 36.7 Å². The lowest BCUT2D eigenvalue weighted by atomic mass is 9.86. The summed E-state index contributed by atoms with van der Waals surface area (Å²) in [7, 11) is 0. The molecule has 0 aliphatic heterocycles. The van der Waals surface area contributed by atoms with Crippen molar-refractivity contribution >= 4 is 17.7 Å². The summed E-state index contributed by atoms with van der Waals surface area (Å²) in [5.41, 5.74) is 1.13. The van der Waals surface area contributed by atoms with Crippen LogP contribution in [0.4, 0.5) is 13.2 Å². The highest BCUT2D eigenvalue weighted by Gasteiger charge is 2.30. The van der Waals surface area contributed by atoms with Crippen molar-refractivity contribution in [2.24, 2.45) is 5.73 Å². The third kappa shape index (κ3) is 4.25. The van der Waals surface area contributed by atoms with Gasteiger partial charge < -0.3 is 5.73 Å². The molecule has 0 unspecified atom stereocenters. The third-order valence-electron chi connectivity index (χ3n) is 2.29. The van der Waals surface area contributed by atoms with Gasteiger partial charge in [0.2, 0.25) is 5.91 Å². The average Bonchev–Trinajstić information content (AvgIpc) is 2.12. The molecule has 1 rings (SSSR count). The van der Waals surface area contributed by atoms with Crippen LogP contribution >= 0.6 is 11.8 Å². The molecule has 1 amide bonds. The molecule has 0 spiro atoms. The summed E-state index contributed by atoms with van der Waals surface area (Å²) in [6, 6.07) is 4.13. The summed E-state index contributed by atoms with van der Waals surface area (Å²) in [5.74, 6) is -0.731. The van der Waals surface area contributed by atoms with E-state index >= 15 is 0 Å². The van der Waals surface area contributed by atoms with Gasteiger partial charge in [0.15, 0.2) is 0 Å². The minimum Gasteiger partial charge on any atom is -0.366 e. The summed E-state index contributed by atoms with van der Waals surface area (Å²) in [6.07, 6.45) is 0. The molecule has 18 heavy (non-hydrogen) atoms. The zero-order valence-corrected chi connectivity index (χ0v) is 11.1. The molecule has 1 aromatic carbocycles. The Labute approximate surface area is 108 Å². The number of nitrogens with two attached hydrogens (primary N) is 1. The lowest BCUT2D eigenvalue weighted by Crippen LogP contribution is -2.16. The highest BCUT2D eigenvalue weighted by atomic mass is 32.2. The van der Waals surface area contributed by atoms with Crippen LogP contribution in [-0.4, -0.2) is 11.4 Å². The maximum atomic E-state index is 12.3. The van der Waals surface area contributed by atoms with Gasteiger partial charge in [-0.1, -0.05) is 20.8 Å². The van der Waals surface area contributed by atoms with Crippen molar-refractivity contribution in [3.05, 3.63) is 29.3 Å². The van der Waals surface area contributed by atoms with Crippen molar-refractivity contribution in [2.45, 2.75) is 36.6 Å². The first-order chi connectivity index (χ1) is 7.99. The molecular weight excluding hydrogens is 263 g/mol. The van der Waals surface area contributed by atoms with Gasteiger partial charge in [0.05, 0.1) is 0 Å². The molecule has 0 radical (unpaired) electrons. The predicted octanol–water partition coefficient (Wildman–Crippen LogP) is 3.69. The highest BCUT2D eigenvalue weighted by Crippen LogP contribution is 2.38. The average molecular weight is 277 g/mol. The molecule has 0 aromatic heterocycles. The van der Waals surface area contributed by atoms with Crippen molar-refractivity contribution in [3.63, 3.8) is 0 Å². The second-order valence-electron chi connectivity index (χ2n) is 4.91. The van der Waals surface area contributed by atoms with E-state index < -0.39 is 11.4 Å². The number of alkyl halides is 3. The summed E-state index contributed by atoms with van der Waals surface area (Å²) in [4.78, 5) is 11.1. The molecule has 1 aromatic rings. The molecule has 2 N–H and O–H groups in total. The van der Waals surface area contributed by atoms with E-state index in [1.54, 1.807) is 0 Å². The van der Waals surface area contributed by atoms with Crippen LogP contribution in [0.5, 0.6) is 0 Å². The molecule has 0 fully saturated rings. The first kappa shape index (κ1) is 14.9. The summed E-state index contributed by atoms with van der Waals surface area (Å²) >= 11 is -0.245. The fourth-order valence-corrected chi connectivity index (χ4v) is 2.01. The van der Waals surface area contributed by atoms with Crippen LogP contribution in [0.2, 0.25) is 0 Å². The number of carbonyl (C=O) groups is 1. The van der Waals surface area contributed by atoms with Crippen molar-refractivity contribution in [1.82, 2.24) is 0 Å². The van der Waals surface area contributed by atoms with Gasteiger partial charge in [-0.25, -0.2) is 0 Å². The molecule has 0 aliphatic rings. The lowest BCUT2D eigenvalue weighted by molar-refractivity contribution is -0.0328. The number of amides is 1. The number of hydrogen-bond acceptors (Lipinski definition) is 2. The van der Waals surface area contributed by atoms with Crippen molar-refractivity contribution in [3.8, 4) is 0 Å². The Morgan fingerprint density at radius 1 is 1.17 bits per heavy atom. The predicted molar refractivity (Wildman–Crippen MR) is 65.6 cm³/mol. The number of rotatable bonds is 2. The van der Waals surface area contributed by atoms with Crippen molar-refractivity contribution in [1.29, 1.82) is 0 Å². The highest BCUT2D eigenvalue weighted by molar-refractivity contribution is 8.00. The molecule has 2 nitrogen and oxygen atoms in total. The number of primary amides is 1. The van der Waals surface area contributed by atoms with Gasteiger partial charge in [0.25, 0.3) is 0 Å². The maximum Gasteiger partial charge on any atom is 0.446 e. The van der Waals surface area contributed by atoms with Crippen LogP contribution in [0.25, 0.3) is 0 Å². The molecule has 0 aliphatic carbocycles. The maximum absolute atomic E-state index is 12.3. The van der Waals surface area contributed by atoms with E-state index in [9.17, 15) is 18.0 Å². The molecule has 0 saturated carbocycles. The van der Waals surface area contributed by atoms with E-state index in [-0.39, 0.29) is 27.6 Å². The minimum absolute atomic E-state index is 0.0243. The zero-order valence-electron chi connectivity index (χ0n) is 10.3. The van der Waals surface area contributed by atoms with Crippen LogP contribution < -0.4 is 5.73 Å². The molecule has 0 bridgehead atoms. The summed E-state index contributed by atoms with van der Waals surface area (Å²) in [5, 5.41) is 0. The van der Waals surface area contributed by atoms with Crippen LogP contribution in [0.15, 0.2) is 23.1 Å². The van der Waals surface area contributed by atoms with Gasteiger partial charge in [-0.15, -0.1) is 0 Å². The largest absolute Gasteiger partial charge is 0.446 e. The third-order valence-corrected chi connectivity index (χ3v) is 2.99. The fraction of sp³-hybridized carbons (Fsp3) is 0.417. The number of thioether (sulfide) groups is 1. The Hall–Kier alpha value is -1.17. The first-order valence-corrected chi connectivity index (χ1v) is 6.02. The van der Waals surface area contributed by atoms with Gasteiger partial charge in [0.1, 0.15) is 0 Å². The molecule has 100 valence electrons. The Bertz CT molecular complexity index is 463. The number of hydrogen-bond donors (Lipinski definition) is 1. The van der Waals surface area contributed by atoms with Gasteiger partial charge in [-0.05, 0) is 40.9 Å². The van der Waals surface area contributed by atoms with E-state index in [1.807, 2.05) is 20.8 Å². The molecule has 0 heterocycles. The Kier molecular flexibility index (Phi) is 4.00. The molecule has 6 heteroatoms. The van der Waals surface area contributed by atoms with E-state index in [0.717, 1.165) is 6.07 Å². The quantitative estimate of drug-likeness (QED) is 0.838. The topological polar surface area (TPSA) is 43.1 Å². The number of benzene rings is 1. The lowest BCUT2D eigenvalue weighted by Gasteiger charge is -2.21. The van der Waals surface area contributed by atoms with Crippen molar-refractivity contribution in [2.75, 3.05) is 0 Å². The Balaban J connectivity index is 3.27. The number of carbonyl (C=O) groups excluding carboxylic acids is 1. The van der Waals surface area contributed by atoms with Gasteiger partial charge in [-0.3, -0.25) is 4.79 Å². The van der Waals surface area contributed by atoms with E-state index in [2.05, 4.69) is 0 Å². The SMILES string of the molecule is CC(C)(C)c1cc(SC(F)(F)F)cc(C(N)=O)c1. The second-order valence-corrected chi connectivity index (χ2v) is 6.05. The van der Waals surface area contributed by atoms with Crippen LogP contribution in [-0.2, 0) is 5.41 Å². The minimum atomic E-state index is -4.38. The Morgan fingerprint density at radius 3 is 2.11 bits per heavy atom. The fourth-order valence-electron chi connectivity index (χ4n) is 1.37. The standard InChI is InChI=1S/C12H14F3NOS/c1-11(2,3)8-4-7(10(16)17)5-9(6-8)18-12(13,14)15/h4-6H,1-3H3,(H2,16,17). The van der Waals surface area contributed by atoms with Gasteiger partial charge in [-0.2, -0.15) is 13.2 Å². The van der Waals surface area contributed by atoms with Crippen LogP contribution in [0.3, 0.4) is 0 Å². The normalized spacial score (nSPS) is 12.6. The van der Waals surface area contributed by atoms with Crippen LogP contribution in [0, 0.1) is 0 Å². The molecule has 0 saturated heterocycles. The van der Waals surface area contributed by atoms with Gasteiger partial charge in [0, 0.05) is 10.5 Å². The summed E-state index contributed by atoms with van der Waals surface area (Å²) in [6.45, 7) is 5.57. The van der Waals surface area contributed by atoms with Gasteiger partial charge >= 0.3 is 5.51 Å².